The lowest BCUT2D eigenvalue weighted by molar-refractivity contribution is 0.201. The summed E-state index contributed by atoms with van der Waals surface area (Å²) in [6, 6.07) is 4.15. The van der Waals surface area contributed by atoms with E-state index in [9.17, 15) is 9.00 Å². The van der Waals surface area contributed by atoms with E-state index < -0.39 is 10.8 Å². The maximum Gasteiger partial charge on any atom is 0.317 e. The number of hydrogen-bond acceptors (Lipinski definition) is 3. The van der Waals surface area contributed by atoms with E-state index in [1.165, 1.54) is 4.88 Å². The standard InChI is InChI=1S/C16H26N2O2S2/c1-3-22(20)15-9-5-4-8-14(15)17-16(19)18(2)11-10-13-7-6-12-21-13/h6-7,12,14-15H,3-5,8-11H2,1-2H3,(H,17,19)/t14-,15-,22+/m1/s1. The molecular formula is C16H26N2O2S2. The van der Waals surface area contributed by atoms with E-state index in [-0.39, 0.29) is 17.3 Å². The highest BCUT2D eigenvalue weighted by atomic mass is 32.2. The minimum Gasteiger partial charge on any atom is -0.334 e. The van der Waals surface area contributed by atoms with Crippen molar-refractivity contribution < 1.29 is 9.00 Å². The average Bonchev–Trinajstić information content (AvgIpc) is 3.05. The van der Waals surface area contributed by atoms with E-state index in [0.717, 1.165) is 32.1 Å². The molecule has 1 N–H and O–H groups in total. The molecule has 2 rings (SSSR count). The minimum absolute atomic E-state index is 0.0402. The van der Waals surface area contributed by atoms with Crippen molar-refractivity contribution in [1.82, 2.24) is 10.2 Å². The van der Waals surface area contributed by atoms with Crippen LogP contribution in [0.15, 0.2) is 17.5 Å². The van der Waals surface area contributed by atoms with Crippen LogP contribution in [0.2, 0.25) is 0 Å². The molecule has 0 aliphatic heterocycles. The molecule has 0 radical (unpaired) electrons. The third-order valence-electron chi connectivity index (χ3n) is 4.25. The molecule has 0 aromatic carbocycles. The van der Waals surface area contributed by atoms with Gasteiger partial charge in [-0.15, -0.1) is 11.3 Å². The number of likely N-dealkylation sites (N-methyl/N-ethyl adjacent to an activating group) is 1. The Labute approximate surface area is 139 Å². The van der Waals surface area contributed by atoms with Crippen LogP contribution in [0, 0.1) is 0 Å². The summed E-state index contributed by atoms with van der Waals surface area (Å²) in [6.07, 6.45) is 5.03. The zero-order chi connectivity index (χ0) is 15.9. The third-order valence-corrected chi connectivity index (χ3v) is 7.00. The number of nitrogens with one attached hydrogen (secondary N) is 1. The first kappa shape index (κ1) is 17.5. The van der Waals surface area contributed by atoms with Crippen molar-refractivity contribution in [3.05, 3.63) is 22.4 Å². The van der Waals surface area contributed by atoms with Gasteiger partial charge in [-0.2, -0.15) is 0 Å². The predicted octanol–water partition coefficient (Wildman–Crippen LogP) is 3.01. The van der Waals surface area contributed by atoms with Gasteiger partial charge in [0, 0.05) is 41.1 Å². The van der Waals surface area contributed by atoms with E-state index in [4.69, 9.17) is 0 Å². The number of nitrogens with zero attached hydrogens (tertiary/aromatic N) is 1. The van der Waals surface area contributed by atoms with E-state index in [1.807, 2.05) is 20.0 Å². The number of rotatable bonds is 6. The molecule has 2 amide bonds. The van der Waals surface area contributed by atoms with Gasteiger partial charge in [0.2, 0.25) is 0 Å². The summed E-state index contributed by atoms with van der Waals surface area (Å²) >= 11 is 1.72. The smallest absolute Gasteiger partial charge is 0.317 e. The van der Waals surface area contributed by atoms with Gasteiger partial charge >= 0.3 is 6.03 Å². The molecule has 4 nitrogen and oxygen atoms in total. The Hall–Kier alpha value is -0.880. The predicted molar refractivity (Wildman–Crippen MR) is 93.9 cm³/mol. The van der Waals surface area contributed by atoms with Crippen LogP contribution in [0.3, 0.4) is 0 Å². The first-order valence-corrected chi connectivity index (χ1v) is 10.3. The Morgan fingerprint density at radius 3 is 2.91 bits per heavy atom. The quantitative estimate of drug-likeness (QED) is 0.864. The van der Waals surface area contributed by atoms with Crippen LogP contribution in [0.1, 0.15) is 37.5 Å². The molecule has 22 heavy (non-hydrogen) atoms. The normalized spacial score (nSPS) is 23.0. The van der Waals surface area contributed by atoms with Gasteiger partial charge in [0.05, 0.1) is 5.25 Å². The van der Waals surface area contributed by atoms with E-state index >= 15 is 0 Å². The summed E-state index contributed by atoms with van der Waals surface area (Å²) in [5.74, 6) is 0.672. The van der Waals surface area contributed by atoms with Crippen LogP contribution in [-0.4, -0.2) is 45.8 Å². The Kier molecular flexibility index (Phi) is 6.89. The maximum atomic E-state index is 12.3. The minimum atomic E-state index is -0.833. The summed E-state index contributed by atoms with van der Waals surface area (Å²) < 4.78 is 12.2. The highest BCUT2D eigenvalue weighted by Gasteiger charge is 2.30. The van der Waals surface area contributed by atoms with Crippen molar-refractivity contribution in [2.75, 3.05) is 19.3 Å². The van der Waals surface area contributed by atoms with Crippen molar-refractivity contribution >= 4 is 28.2 Å². The molecule has 1 aliphatic rings. The molecule has 0 saturated heterocycles. The Bertz CT molecular complexity index is 490. The van der Waals surface area contributed by atoms with E-state index in [0.29, 0.717) is 12.3 Å². The molecule has 6 heteroatoms. The van der Waals surface area contributed by atoms with Gasteiger partial charge in [-0.05, 0) is 30.7 Å². The Morgan fingerprint density at radius 1 is 1.45 bits per heavy atom. The van der Waals surface area contributed by atoms with E-state index in [2.05, 4.69) is 16.8 Å². The highest BCUT2D eigenvalue weighted by Crippen LogP contribution is 2.23. The zero-order valence-corrected chi connectivity index (χ0v) is 15.0. The lowest BCUT2D eigenvalue weighted by Gasteiger charge is -2.32. The van der Waals surface area contributed by atoms with Crippen molar-refractivity contribution in [3.8, 4) is 0 Å². The number of carbonyl (C=O) groups excluding carboxylic acids is 1. The van der Waals surface area contributed by atoms with Gasteiger partial charge in [0.25, 0.3) is 0 Å². The third kappa shape index (κ3) is 4.81. The summed E-state index contributed by atoms with van der Waals surface area (Å²) in [6.45, 7) is 2.66. The number of hydrogen-bond donors (Lipinski definition) is 1. The lowest BCUT2D eigenvalue weighted by atomic mass is 9.95. The van der Waals surface area contributed by atoms with Crippen LogP contribution < -0.4 is 5.32 Å². The van der Waals surface area contributed by atoms with Gasteiger partial charge in [-0.3, -0.25) is 4.21 Å². The molecule has 1 fully saturated rings. The Balaban J connectivity index is 1.84. The largest absolute Gasteiger partial charge is 0.334 e. The molecule has 1 aromatic rings. The van der Waals surface area contributed by atoms with Crippen molar-refractivity contribution in [2.24, 2.45) is 0 Å². The van der Waals surface area contributed by atoms with Crippen molar-refractivity contribution in [1.29, 1.82) is 0 Å². The Morgan fingerprint density at radius 2 is 2.23 bits per heavy atom. The van der Waals surface area contributed by atoms with Gasteiger partial charge in [-0.1, -0.05) is 25.8 Å². The van der Waals surface area contributed by atoms with Crippen LogP contribution in [0.25, 0.3) is 0 Å². The van der Waals surface area contributed by atoms with Crippen LogP contribution in [-0.2, 0) is 17.2 Å². The first-order chi connectivity index (χ1) is 10.6. The monoisotopic (exact) mass is 342 g/mol. The molecule has 1 aromatic heterocycles. The average molecular weight is 343 g/mol. The fourth-order valence-electron chi connectivity index (χ4n) is 2.89. The number of amides is 2. The van der Waals surface area contributed by atoms with E-state index in [1.54, 1.807) is 16.2 Å². The van der Waals surface area contributed by atoms with Crippen molar-refractivity contribution in [3.63, 3.8) is 0 Å². The summed E-state index contributed by atoms with van der Waals surface area (Å²) in [5.41, 5.74) is 0. The molecule has 0 unspecified atom stereocenters. The van der Waals surface area contributed by atoms with Gasteiger partial charge in [-0.25, -0.2) is 4.79 Å². The number of thiophene rings is 1. The molecule has 3 atom stereocenters. The molecule has 1 saturated carbocycles. The van der Waals surface area contributed by atoms with Gasteiger partial charge in [0.15, 0.2) is 0 Å². The number of urea groups is 1. The molecule has 0 spiro atoms. The fourth-order valence-corrected chi connectivity index (χ4v) is 5.02. The lowest BCUT2D eigenvalue weighted by Crippen LogP contribution is -2.51. The van der Waals surface area contributed by atoms with Crippen LogP contribution >= 0.6 is 11.3 Å². The fraction of sp³-hybridized carbons (Fsp3) is 0.688. The SMILES string of the molecule is CC[S@](=O)[C@@H]1CCCC[C@H]1NC(=O)N(C)CCc1cccs1. The molecular weight excluding hydrogens is 316 g/mol. The summed E-state index contributed by atoms with van der Waals surface area (Å²) in [5, 5.41) is 5.29. The van der Waals surface area contributed by atoms with Gasteiger partial charge < -0.3 is 10.2 Å². The topological polar surface area (TPSA) is 49.4 Å². The van der Waals surface area contributed by atoms with Crippen molar-refractivity contribution in [2.45, 2.75) is 50.3 Å². The second-order valence-corrected chi connectivity index (χ2v) is 8.78. The maximum absolute atomic E-state index is 12.3. The van der Waals surface area contributed by atoms with Gasteiger partial charge in [0.1, 0.15) is 0 Å². The molecule has 0 bridgehead atoms. The molecule has 1 aliphatic carbocycles. The van der Waals surface area contributed by atoms with Crippen LogP contribution in [0.4, 0.5) is 4.79 Å². The summed E-state index contributed by atoms with van der Waals surface area (Å²) in [7, 11) is 0.998. The highest BCUT2D eigenvalue weighted by molar-refractivity contribution is 7.85. The number of carbonyl (C=O) groups is 1. The van der Waals surface area contributed by atoms with Crippen LogP contribution in [0.5, 0.6) is 0 Å². The second-order valence-electron chi connectivity index (χ2n) is 5.80. The second kappa shape index (κ2) is 8.67. The first-order valence-electron chi connectivity index (χ1n) is 8.03. The molecule has 124 valence electrons. The molecule has 1 heterocycles. The zero-order valence-electron chi connectivity index (χ0n) is 13.4. The summed E-state index contributed by atoms with van der Waals surface area (Å²) in [4.78, 5) is 15.4.